The van der Waals surface area contributed by atoms with Gasteiger partial charge in [-0.2, -0.15) is 0 Å². The third kappa shape index (κ3) is 2.81. The van der Waals surface area contributed by atoms with E-state index in [1.165, 1.54) is 37.6 Å². The molecule has 1 aliphatic rings. The van der Waals surface area contributed by atoms with Crippen molar-refractivity contribution in [2.24, 2.45) is 13.0 Å². The molecule has 0 radical (unpaired) electrons. The summed E-state index contributed by atoms with van der Waals surface area (Å²) >= 11 is 0. The van der Waals surface area contributed by atoms with Crippen LogP contribution in [0, 0.1) is 5.92 Å². The highest BCUT2D eigenvalue weighted by molar-refractivity contribution is 5.75. The fourth-order valence-electron chi connectivity index (χ4n) is 3.16. The van der Waals surface area contributed by atoms with Gasteiger partial charge in [0.25, 0.3) is 0 Å². The number of nitrogens with one attached hydrogen (secondary N) is 1. The molecule has 19 heavy (non-hydrogen) atoms. The number of para-hydroxylation sites is 2. The van der Waals surface area contributed by atoms with Crippen LogP contribution in [0.5, 0.6) is 0 Å². The highest BCUT2D eigenvalue weighted by Crippen LogP contribution is 2.26. The standard InChI is InChI=1S/C16H23N3/c1-19-15-9-5-4-8-14(15)18-16(19)12-17-11-10-13-6-2-3-7-13/h4-5,8-9,13,17H,2-3,6-7,10-12H2,1H3. The minimum Gasteiger partial charge on any atom is -0.330 e. The fraction of sp³-hybridized carbons (Fsp3) is 0.562. The van der Waals surface area contributed by atoms with Gasteiger partial charge < -0.3 is 9.88 Å². The molecule has 1 heterocycles. The van der Waals surface area contributed by atoms with Gasteiger partial charge in [0.2, 0.25) is 0 Å². The second-order valence-electron chi connectivity index (χ2n) is 5.69. The van der Waals surface area contributed by atoms with Gasteiger partial charge in [0.05, 0.1) is 17.6 Å². The number of hydrogen-bond donors (Lipinski definition) is 1. The van der Waals surface area contributed by atoms with Gasteiger partial charge in [-0.3, -0.25) is 0 Å². The number of rotatable bonds is 5. The van der Waals surface area contributed by atoms with Crippen molar-refractivity contribution in [1.82, 2.24) is 14.9 Å². The summed E-state index contributed by atoms with van der Waals surface area (Å²) in [5.41, 5.74) is 2.31. The van der Waals surface area contributed by atoms with E-state index in [1.807, 2.05) is 6.07 Å². The van der Waals surface area contributed by atoms with E-state index in [9.17, 15) is 0 Å². The summed E-state index contributed by atoms with van der Waals surface area (Å²) < 4.78 is 2.19. The van der Waals surface area contributed by atoms with Gasteiger partial charge in [0.1, 0.15) is 5.82 Å². The van der Waals surface area contributed by atoms with Gasteiger partial charge in [0, 0.05) is 7.05 Å². The molecule has 0 saturated heterocycles. The van der Waals surface area contributed by atoms with Crippen LogP contribution in [0.2, 0.25) is 0 Å². The van der Waals surface area contributed by atoms with E-state index in [0.717, 1.165) is 30.3 Å². The van der Waals surface area contributed by atoms with Crippen molar-refractivity contribution in [3.05, 3.63) is 30.1 Å². The van der Waals surface area contributed by atoms with Crippen LogP contribution in [0.3, 0.4) is 0 Å². The molecule has 0 bridgehead atoms. The molecule has 2 aromatic rings. The summed E-state index contributed by atoms with van der Waals surface area (Å²) in [6, 6.07) is 8.33. The second-order valence-corrected chi connectivity index (χ2v) is 5.69. The van der Waals surface area contributed by atoms with E-state index in [-0.39, 0.29) is 0 Å². The average molecular weight is 257 g/mol. The smallest absolute Gasteiger partial charge is 0.123 e. The van der Waals surface area contributed by atoms with Crippen molar-refractivity contribution in [3.8, 4) is 0 Å². The molecule has 0 aliphatic heterocycles. The number of benzene rings is 1. The van der Waals surface area contributed by atoms with Crippen molar-refractivity contribution < 1.29 is 0 Å². The Morgan fingerprint density at radius 2 is 2.05 bits per heavy atom. The second kappa shape index (κ2) is 5.74. The summed E-state index contributed by atoms with van der Waals surface area (Å²) in [5, 5.41) is 3.55. The Morgan fingerprint density at radius 3 is 2.84 bits per heavy atom. The first-order chi connectivity index (χ1) is 9.34. The maximum atomic E-state index is 4.68. The predicted molar refractivity (Wildman–Crippen MR) is 79.0 cm³/mol. The molecule has 1 aliphatic carbocycles. The molecule has 0 amide bonds. The van der Waals surface area contributed by atoms with Gasteiger partial charge in [-0.25, -0.2) is 4.98 Å². The maximum Gasteiger partial charge on any atom is 0.123 e. The first-order valence-electron chi connectivity index (χ1n) is 7.45. The Hall–Kier alpha value is -1.35. The lowest BCUT2D eigenvalue weighted by Crippen LogP contribution is -2.19. The molecule has 1 saturated carbocycles. The number of fused-ring (bicyclic) bond motifs is 1. The van der Waals surface area contributed by atoms with Crippen molar-refractivity contribution in [2.75, 3.05) is 6.54 Å². The lowest BCUT2D eigenvalue weighted by Gasteiger charge is -2.09. The normalized spacial score (nSPS) is 16.5. The van der Waals surface area contributed by atoms with Crippen LogP contribution in [0.1, 0.15) is 37.9 Å². The van der Waals surface area contributed by atoms with Crippen LogP contribution in [0.25, 0.3) is 11.0 Å². The monoisotopic (exact) mass is 257 g/mol. The highest BCUT2D eigenvalue weighted by Gasteiger charge is 2.14. The Bertz CT molecular complexity index is 538. The first kappa shape index (κ1) is 12.7. The van der Waals surface area contributed by atoms with E-state index in [4.69, 9.17) is 0 Å². The number of aryl methyl sites for hydroxylation is 1. The Labute approximate surface area is 115 Å². The lowest BCUT2D eigenvalue weighted by molar-refractivity contribution is 0.473. The van der Waals surface area contributed by atoms with E-state index in [0.29, 0.717) is 0 Å². The molecule has 3 rings (SSSR count). The minimum atomic E-state index is 0.873. The zero-order valence-corrected chi connectivity index (χ0v) is 11.7. The fourth-order valence-corrected chi connectivity index (χ4v) is 3.16. The average Bonchev–Trinajstić information content (AvgIpc) is 3.04. The van der Waals surface area contributed by atoms with Crippen LogP contribution in [0.4, 0.5) is 0 Å². The molecule has 1 fully saturated rings. The van der Waals surface area contributed by atoms with E-state index in [1.54, 1.807) is 0 Å². The molecular weight excluding hydrogens is 234 g/mol. The van der Waals surface area contributed by atoms with Crippen LogP contribution >= 0.6 is 0 Å². The van der Waals surface area contributed by atoms with Gasteiger partial charge in [0.15, 0.2) is 0 Å². The van der Waals surface area contributed by atoms with Gasteiger partial charge >= 0.3 is 0 Å². The summed E-state index contributed by atoms with van der Waals surface area (Å²) in [4.78, 5) is 4.68. The summed E-state index contributed by atoms with van der Waals surface area (Å²) in [5.74, 6) is 2.10. The van der Waals surface area contributed by atoms with Crippen molar-refractivity contribution in [2.45, 2.75) is 38.6 Å². The van der Waals surface area contributed by atoms with E-state index < -0.39 is 0 Å². The number of imidazole rings is 1. The minimum absolute atomic E-state index is 0.873. The third-order valence-electron chi connectivity index (χ3n) is 4.37. The van der Waals surface area contributed by atoms with E-state index in [2.05, 4.69) is 40.1 Å². The van der Waals surface area contributed by atoms with Gasteiger partial charge in [-0.15, -0.1) is 0 Å². The van der Waals surface area contributed by atoms with Crippen LogP contribution in [-0.2, 0) is 13.6 Å². The van der Waals surface area contributed by atoms with Gasteiger partial charge in [-0.1, -0.05) is 37.8 Å². The van der Waals surface area contributed by atoms with Gasteiger partial charge in [-0.05, 0) is 31.0 Å². The van der Waals surface area contributed by atoms with E-state index >= 15 is 0 Å². The Morgan fingerprint density at radius 1 is 1.26 bits per heavy atom. The number of hydrogen-bond acceptors (Lipinski definition) is 2. The molecular formula is C16H23N3. The zero-order chi connectivity index (χ0) is 13.1. The summed E-state index contributed by atoms with van der Waals surface area (Å²) in [6.07, 6.45) is 7.08. The molecule has 1 aromatic carbocycles. The molecule has 0 unspecified atom stereocenters. The lowest BCUT2D eigenvalue weighted by atomic mass is 10.0. The molecule has 3 nitrogen and oxygen atoms in total. The van der Waals surface area contributed by atoms with Crippen LogP contribution in [-0.4, -0.2) is 16.1 Å². The largest absolute Gasteiger partial charge is 0.330 e. The molecule has 1 N–H and O–H groups in total. The molecule has 1 aromatic heterocycles. The van der Waals surface area contributed by atoms with Crippen LogP contribution in [0.15, 0.2) is 24.3 Å². The Balaban J connectivity index is 1.54. The van der Waals surface area contributed by atoms with Crippen molar-refractivity contribution >= 4 is 11.0 Å². The summed E-state index contributed by atoms with van der Waals surface area (Å²) in [7, 11) is 2.10. The number of aromatic nitrogens is 2. The quantitative estimate of drug-likeness (QED) is 0.833. The molecule has 0 atom stereocenters. The maximum absolute atomic E-state index is 4.68. The third-order valence-corrected chi connectivity index (χ3v) is 4.37. The van der Waals surface area contributed by atoms with Crippen LogP contribution < -0.4 is 5.32 Å². The molecule has 0 spiro atoms. The highest BCUT2D eigenvalue weighted by atomic mass is 15.1. The predicted octanol–water partition coefficient (Wildman–Crippen LogP) is 3.24. The molecule has 102 valence electrons. The first-order valence-corrected chi connectivity index (χ1v) is 7.45. The summed E-state index contributed by atoms with van der Waals surface area (Å²) in [6.45, 7) is 1.99. The molecule has 3 heteroatoms. The number of nitrogens with zero attached hydrogens (tertiary/aromatic N) is 2. The Kier molecular flexibility index (Phi) is 3.83. The zero-order valence-electron chi connectivity index (χ0n) is 11.7. The van der Waals surface area contributed by atoms with Crippen molar-refractivity contribution in [1.29, 1.82) is 0 Å². The topological polar surface area (TPSA) is 29.9 Å². The SMILES string of the molecule is Cn1c(CNCCC2CCCC2)nc2ccccc21. The van der Waals surface area contributed by atoms with Crippen molar-refractivity contribution in [3.63, 3.8) is 0 Å².